The fraction of sp³-hybridized carbons (Fsp3) is 0. The Morgan fingerprint density at radius 3 is 2.31 bits per heavy atom. The quantitative estimate of drug-likeness (QED) is 0.724. The minimum atomic E-state index is -0.847. The molecule has 0 fully saturated rings. The Hall–Kier alpha value is -2.17. The SMILES string of the molecule is Nc1c(F)cc(-c2cccc(=O)[nH]2)cc1F. The minimum Gasteiger partial charge on any atom is -0.394 e. The summed E-state index contributed by atoms with van der Waals surface area (Å²) >= 11 is 0. The standard InChI is InChI=1S/C11H8F2N2O/c12-7-4-6(5-8(13)11(7)14)9-2-1-3-10(16)15-9/h1-5H,14H2,(H,15,16). The lowest BCUT2D eigenvalue weighted by Gasteiger charge is -2.04. The van der Waals surface area contributed by atoms with Gasteiger partial charge in [0.25, 0.3) is 0 Å². The molecular formula is C11H8F2N2O. The first-order valence-corrected chi connectivity index (χ1v) is 4.52. The van der Waals surface area contributed by atoms with Crippen LogP contribution in [0.5, 0.6) is 0 Å². The number of benzene rings is 1. The van der Waals surface area contributed by atoms with Gasteiger partial charge in [0.15, 0.2) is 0 Å². The summed E-state index contributed by atoms with van der Waals surface area (Å²) in [6, 6.07) is 6.51. The highest BCUT2D eigenvalue weighted by Gasteiger charge is 2.09. The van der Waals surface area contributed by atoms with Gasteiger partial charge in [0.05, 0.1) is 0 Å². The van der Waals surface area contributed by atoms with Crippen LogP contribution in [0.3, 0.4) is 0 Å². The summed E-state index contributed by atoms with van der Waals surface area (Å²) in [5.41, 5.74) is 4.85. The van der Waals surface area contributed by atoms with Crippen molar-refractivity contribution in [3.63, 3.8) is 0 Å². The lowest BCUT2D eigenvalue weighted by Crippen LogP contribution is -2.04. The minimum absolute atomic E-state index is 0.238. The lowest BCUT2D eigenvalue weighted by atomic mass is 10.1. The van der Waals surface area contributed by atoms with Gasteiger partial charge in [-0.3, -0.25) is 4.79 Å². The van der Waals surface area contributed by atoms with Gasteiger partial charge in [-0.2, -0.15) is 0 Å². The molecular weight excluding hydrogens is 214 g/mol. The number of nitrogen functional groups attached to an aromatic ring is 1. The van der Waals surface area contributed by atoms with E-state index in [0.717, 1.165) is 12.1 Å². The fourth-order valence-electron chi connectivity index (χ4n) is 1.36. The average Bonchev–Trinajstić information content (AvgIpc) is 2.25. The third-order valence-corrected chi connectivity index (χ3v) is 2.16. The second kappa shape index (κ2) is 3.77. The fourth-order valence-corrected chi connectivity index (χ4v) is 1.36. The van der Waals surface area contributed by atoms with Crippen molar-refractivity contribution in [2.45, 2.75) is 0 Å². The number of aromatic nitrogens is 1. The molecule has 0 bridgehead atoms. The molecule has 82 valence electrons. The molecule has 0 unspecified atom stereocenters. The van der Waals surface area contributed by atoms with Crippen molar-refractivity contribution in [1.82, 2.24) is 4.98 Å². The summed E-state index contributed by atoms with van der Waals surface area (Å²) in [4.78, 5) is 13.5. The van der Waals surface area contributed by atoms with Gasteiger partial charge in [0.1, 0.15) is 17.3 Å². The molecule has 0 amide bonds. The summed E-state index contributed by atoms with van der Waals surface area (Å²) in [5.74, 6) is -1.69. The van der Waals surface area contributed by atoms with Crippen LogP contribution >= 0.6 is 0 Å². The van der Waals surface area contributed by atoms with E-state index in [4.69, 9.17) is 5.73 Å². The maximum Gasteiger partial charge on any atom is 0.248 e. The maximum absolute atomic E-state index is 13.2. The Bertz CT molecular complexity index is 570. The molecule has 0 aliphatic rings. The number of hydrogen-bond acceptors (Lipinski definition) is 2. The van der Waals surface area contributed by atoms with Crippen LogP contribution in [0.15, 0.2) is 35.1 Å². The number of nitrogens with one attached hydrogen (secondary N) is 1. The zero-order valence-electron chi connectivity index (χ0n) is 8.13. The van der Waals surface area contributed by atoms with Gasteiger partial charge in [0.2, 0.25) is 5.56 Å². The monoisotopic (exact) mass is 222 g/mol. The molecule has 0 saturated carbocycles. The number of nitrogens with two attached hydrogens (primary N) is 1. The van der Waals surface area contributed by atoms with E-state index in [2.05, 4.69) is 4.98 Å². The van der Waals surface area contributed by atoms with Gasteiger partial charge in [-0.15, -0.1) is 0 Å². The summed E-state index contributed by atoms with van der Waals surface area (Å²) in [6.07, 6.45) is 0. The van der Waals surface area contributed by atoms with E-state index < -0.39 is 17.3 Å². The van der Waals surface area contributed by atoms with Crippen molar-refractivity contribution >= 4 is 5.69 Å². The third kappa shape index (κ3) is 1.79. The normalized spacial score (nSPS) is 10.4. The van der Waals surface area contributed by atoms with Crippen LogP contribution in [-0.2, 0) is 0 Å². The molecule has 3 N–H and O–H groups in total. The molecule has 0 aliphatic heterocycles. The van der Waals surface area contributed by atoms with Gasteiger partial charge >= 0.3 is 0 Å². The van der Waals surface area contributed by atoms with E-state index >= 15 is 0 Å². The summed E-state index contributed by atoms with van der Waals surface area (Å²) in [6.45, 7) is 0. The molecule has 0 aliphatic carbocycles. The van der Waals surface area contributed by atoms with E-state index in [1.165, 1.54) is 12.1 Å². The van der Waals surface area contributed by atoms with Gasteiger partial charge in [-0.1, -0.05) is 6.07 Å². The first-order valence-electron chi connectivity index (χ1n) is 4.52. The highest BCUT2D eigenvalue weighted by Crippen LogP contribution is 2.23. The van der Waals surface area contributed by atoms with Crippen LogP contribution in [0, 0.1) is 11.6 Å². The molecule has 0 spiro atoms. The van der Waals surface area contributed by atoms with Crippen LogP contribution in [-0.4, -0.2) is 4.98 Å². The second-order valence-electron chi connectivity index (χ2n) is 3.28. The van der Waals surface area contributed by atoms with Crippen molar-refractivity contribution in [1.29, 1.82) is 0 Å². The molecule has 1 aromatic carbocycles. The molecule has 1 heterocycles. The van der Waals surface area contributed by atoms with Crippen LogP contribution in [0.4, 0.5) is 14.5 Å². The Kier molecular flexibility index (Phi) is 2.44. The summed E-state index contributed by atoms with van der Waals surface area (Å²) < 4.78 is 26.3. The number of hydrogen-bond donors (Lipinski definition) is 2. The van der Waals surface area contributed by atoms with E-state index in [1.54, 1.807) is 6.07 Å². The third-order valence-electron chi connectivity index (χ3n) is 2.16. The number of H-pyrrole nitrogens is 1. The molecule has 0 radical (unpaired) electrons. The van der Waals surface area contributed by atoms with Gasteiger partial charge in [0, 0.05) is 17.3 Å². The second-order valence-corrected chi connectivity index (χ2v) is 3.28. The van der Waals surface area contributed by atoms with E-state index in [1.807, 2.05) is 0 Å². The maximum atomic E-state index is 13.2. The molecule has 0 atom stereocenters. The van der Waals surface area contributed by atoms with Crippen molar-refractivity contribution < 1.29 is 8.78 Å². The summed E-state index contributed by atoms with van der Waals surface area (Å²) in [7, 11) is 0. The van der Waals surface area contributed by atoms with Gasteiger partial charge in [-0.25, -0.2) is 8.78 Å². The highest BCUT2D eigenvalue weighted by atomic mass is 19.1. The number of anilines is 1. The van der Waals surface area contributed by atoms with E-state index in [-0.39, 0.29) is 11.1 Å². The molecule has 3 nitrogen and oxygen atoms in total. The first-order chi connectivity index (χ1) is 7.58. The first kappa shape index (κ1) is 10.4. The number of aromatic amines is 1. The number of pyridine rings is 1. The number of halogens is 2. The number of rotatable bonds is 1. The van der Waals surface area contributed by atoms with E-state index in [0.29, 0.717) is 5.69 Å². The van der Waals surface area contributed by atoms with Crippen LogP contribution in [0.25, 0.3) is 11.3 Å². The van der Waals surface area contributed by atoms with Crippen LogP contribution < -0.4 is 11.3 Å². The lowest BCUT2D eigenvalue weighted by molar-refractivity contribution is 0.592. The molecule has 2 aromatic rings. The van der Waals surface area contributed by atoms with E-state index in [9.17, 15) is 13.6 Å². The van der Waals surface area contributed by atoms with Gasteiger partial charge in [-0.05, 0) is 18.2 Å². The van der Waals surface area contributed by atoms with Crippen molar-refractivity contribution in [2.75, 3.05) is 5.73 Å². The smallest absolute Gasteiger partial charge is 0.248 e. The topological polar surface area (TPSA) is 58.9 Å². The van der Waals surface area contributed by atoms with Crippen molar-refractivity contribution in [3.05, 3.63) is 52.3 Å². The molecule has 1 aromatic heterocycles. The predicted molar refractivity (Wildman–Crippen MR) is 56.8 cm³/mol. The highest BCUT2D eigenvalue weighted by molar-refractivity contribution is 5.62. The average molecular weight is 222 g/mol. The molecule has 2 rings (SSSR count). The Balaban J connectivity index is 2.61. The zero-order chi connectivity index (χ0) is 11.7. The molecule has 0 saturated heterocycles. The van der Waals surface area contributed by atoms with Crippen molar-refractivity contribution in [2.24, 2.45) is 0 Å². The van der Waals surface area contributed by atoms with Crippen molar-refractivity contribution in [3.8, 4) is 11.3 Å². The van der Waals surface area contributed by atoms with Crippen LogP contribution in [0.2, 0.25) is 0 Å². The molecule has 16 heavy (non-hydrogen) atoms. The predicted octanol–water partition coefficient (Wildman–Crippen LogP) is 1.90. The molecule has 5 heteroatoms. The summed E-state index contributed by atoms with van der Waals surface area (Å²) in [5, 5.41) is 0. The Morgan fingerprint density at radius 1 is 1.12 bits per heavy atom. The van der Waals surface area contributed by atoms with Crippen LogP contribution in [0.1, 0.15) is 0 Å². The Labute approximate surface area is 89.5 Å². The largest absolute Gasteiger partial charge is 0.394 e. The Morgan fingerprint density at radius 2 is 1.75 bits per heavy atom. The van der Waals surface area contributed by atoms with Gasteiger partial charge < -0.3 is 10.7 Å². The zero-order valence-corrected chi connectivity index (χ0v) is 8.13.